The molecule has 1 N–H and O–H groups in total. The Morgan fingerprint density at radius 2 is 1.89 bits per heavy atom. The van der Waals surface area contributed by atoms with Crippen molar-refractivity contribution in [3.8, 4) is 0 Å². The Morgan fingerprint density at radius 1 is 1.32 bits per heavy atom. The van der Waals surface area contributed by atoms with Crippen molar-refractivity contribution in [2.24, 2.45) is 5.92 Å². The molecule has 2 aliphatic rings. The van der Waals surface area contributed by atoms with E-state index in [0.717, 1.165) is 12.8 Å². The average Bonchev–Trinajstić information content (AvgIpc) is 2.98. The molecule has 110 valence electrons. The Balaban J connectivity index is 2.32. The second kappa shape index (κ2) is 5.61. The Kier molecular flexibility index (Phi) is 4.47. The third kappa shape index (κ3) is 2.78. The first-order chi connectivity index (χ1) is 8.85. The minimum Gasteiger partial charge on any atom is -0.480 e. The molecule has 0 bridgehead atoms. The van der Waals surface area contributed by atoms with E-state index < -0.39 is 22.0 Å². The highest BCUT2D eigenvalue weighted by Crippen LogP contribution is 2.39. The number of nitrogens with zero attached hydrogens (tertiary/aromatic N) is 1. The van der Waals surface area contributed by atoms with Gasteiger partial charge in [0.05, 0.1) is 10.6 Å². The molecule has 0 aromatic carbocycles. The lowest BCUT2D eigenvalue weighted by Crippen LogP contribution is -2.50. The maximum absolute atomic E-state index is 12.7. The molecule has 2 fully saturated rings. The van der Waals surface area contributed by atoms with Gasteiger partial charge in [-0.15, -0.1) is 11.8 Å². The highest BCUT2D eigenvalue weighted by atomic mass is 32.2. The van der Waals surface area contributed by atoms with Crippen molar-refractivity contribution in [3.05, 3.63) is 0 Å². The number of rotatable bonds is 4. The van der Waals surface area contributed by atoms with Crippen LogP contribution >= 0.6 is 11.8 Å². The minimum absolute atomic E-state index is 0.116. The highest BCUT2D eigenvalue weighted by molar-refractivity contribution is 8.01. The predicted octanol–water partition coefficient (Wildman–Crippen LogP) is 1.74. The maximum atomic E-state index is 12.7. The molecule has 2 atom stereocenters. The number of carbonyl (C=O) groups is 1. The quantitative estimate of drug-likeness (QED) is 0.856. The molecule has 1 aliphatic heterocycles. The summed E-state index contributed by atoms with van der Waals surface area (Å²) < 4.78 is 26.7. The van der Waals surface area contributed by atoms with Gasteiger partial charge in [-0.1, -0.05) is 26.7 Å². The summed E-state index contributed by atoms with van der Waals surface area (Å²) in [5.74, 6) is -0.563. The molecule has 0 radical (unpaired) electrons. The van der Waals surface area contributed by atoms with Crippen molar-refractivity contribution in [2.75, 3.05) is 5.75 Å². The van der Waals surface area contributed by atoms with Crippen LogP contribution in [-0.2, 0) is 14.8 Å². The summed E-state index contributed by atoms with van der Waals surface area (Å²) in [7, 11) is -3.50. The number of carboxylic acid groups (broad SMARTS) is 1. The van der Waals surface area contributed by atoms with Crippen LogP contribution in [0.15, 0.2) is 0 Å². The van der Waals surface area contributed by atoms with E-state index in [1.165, 1.54) is 16.1 Å². The molecule has 1 saturated heterocycles. The number of hydrogen-bond acceptors (Lipinski definition) is 4. The lowest BCUT2D eigenvalue weighted by molar-refractivity contribution is -0.140. The molecule has 1 aliphatic carbocycles. The van der Waals surface area contributed by atoms with Crippen LogP contribution in [0.1, 0.15) is 39.5 Å². The van der Waals surface area contributed by atoms with Crippen LogP contribution in [0.2, 0.25) is 0 Å². The molecule has 0 aromatic heterocycles. The molecule has 2 unspecified atom stereocenters. The molecule has 1 heterocycles. The zero-order chi connectivity index (χ0) is 14.2. The zero-order valence-corrected chi connectivity index (χ0v) is 12.9. The second-order valence-electron chi connectivity index (χ2n) is 5.60. The van der Waals surface area contributed by atoms with Crippen molar-refractivity contribution < 1.29 is 18.3 Å². The lowest BCUT2D eigenvalue weighted by Gasteiger charge is -2.31. The lowest BCUT2D eigenvalue weighted by atomic mass is 10.2. The summed E-state index contributed by atoms with van der Waals surface area (Å²) in [6, 6.07) is -0.900. The third-order valence-electron chi connectivity index (χ3n) is 3.86. The van der Waals surface area contributed by atoms with Gasteiger partial charge in [-0.2, -0.15) is 4.31 Å². The van der Waals surface area contributed by atoms with E-state index in [9.17, 15) is 18.3 Å². The van der Waals surface area contributed by atoms with Gasteiger partial charge >= 0.3 is 5.97 Å². The van der Waals surface area contributed by atoms with Crippen molar-refractivity contribution in [2.45, 2.75) is 56.2 Å². The van der Waals surface area contributed by atoms with Gasteiger partial charge in [-0.05, 0) is 18.8 Å². The Hall–Kier alpha value is -0.270. The van der Waals surface area contributed by atoms with Crippen molar-refractivity contribution in [1.82, 2.24) is 4.31 Å². The topological polar surface area (TPSA) is 74.7 Å². The Labute approximate surface area is 118 Å². The second-order valence-corrected chi connectivity index (χ2v) is 8.87. The first kappa shape index (κ1) is 15.1. The molecule has 2 rings (SSSR count). The monoisotopic (exact) mass is 307 g/mol. The number of thioether (sulfide) groups is 1. The van der Waals surface area contributed by atoms with E-state index in [1.807, 2.05) is 13.8 Å². The fourth-order valence-corrected chi connectivity index (χ4v) is 7.18. The van der Waals surface area contributed by atoms with E-state index in [1.54, 1.807) is 0 Å². The van der Waals surface area contributed by atoms with Gasteiger partial charge in [0.25, 0.3) is 0 Å². The molecule has 0 amide bonds. The molecule has 0 aromatic rings. The van der Waals surface area contributed by atoms with Gasteiger partial charge in [0.2, 0.25) is 10.0 Å². The van der Waals surface area contributed by atoms with Crippen LogP contribution in [-0.4, -0.2) is 46.2 Å². The van der Waals surface area contributed by atoms with Crippen LogP contribution in [0, 0.1) is 5.92 Å². The van der Waals surface area contributed by atoms with E-state index in [0.29, 0.717) is 18.6 Å². The highest BCUT2D eigenvalue weighted by Gasteiger charge is 2.49. The van der Waals surface area contributed by atoms with E-state index in [-0.39, 0.29) is 16.5 Å². The van der Waals surface area contributed by atoms with Crippen LogP contribution in [0.4, 0.5) is 0 Å². The van der Waals surface area contributed by atoms with Crippen molar-refractivity contribution in [3.63, 3.8) is 0 Å². The van der Waals surface area contributed by atoms with Crippen LogP contribution in [0.3, 0.4) is 0 Å². The first-order valence-electron chi connectivity index (χ1n) is 6.72. The number of carboxylic acids is 1. The smallest absolute Gasteiger partial charge is 0.322 e. The van der Waals surface area contributed by atoms with Gasteiger partial charge in [0.1, 0.15) is 6.04 Å². The zero-order valence-electron chi connectivity index (χ0n) is 11.3. The molecule has 7 heteroatoms. The van der Waals surface area contributed by atoms with Gasteiger partial charge in [0, 0.05) is 5.75 Å². The molecule has 19 heavy (non-hydrogen) atoms. The van der Waals surface area contributed by atoms with Crippen LogP contribution < -0.4 is 0 Å². The summed E-state index contributed by atoms with van der Waals surface area (Å²) in [4.78, 5) is 11.3. The average molecular weight is 307 g/mol. The number of aliphatic carboxylic acids is 1. The van der Waals surface area contributed by atoms with Gasteiger partial charge < -0.3 is 5.11 Å². The van der Waals surface area contributed by atoms with Crippen LogP contribution in [0.25, 0.3) is 0 Å². The van der Waals surface area contributed by atoms with Crippen molar-refractivity contribution >= 4 is 27.8 Å². The largest absolute Gasteiger partial charge is 0.480 e. The molecule has 1 saturated carbocycles. The van der Waals surface area contributed by atoms with Gasteiger partial charge in [0.15, 0.2) is 0 Å². The van der Waals surface area contributed by atoms with E-state index >= 15 is 0 Å². The predicted molar refractivity (Wildman–Crippen MR) is 75.5 cm³/mol. The first-order valence-corrected chi connectivity index (χ1v) is 9.27. The standard InChI is InChI=1S/C12H21NO4S2/c1-8(2)11-13(10(7-18-11)12(14)15)19(16,17)9-5-3-4-6-9/h8-11H,3-7H2,1-2H3,(H,14,15). The summed E-state index contributed by atoms with van der Waals surface area (Å²) in [5, 5.41) is 8.65. The molecule has 0 spiro atoms. The molecule has 5 nitrogen and oxygen atoms in total. The van der Waals surface area contributed by atoms with Gasteiger partial charge in [-0.25, -0.2) is 8.42 Å². The fourth-order valence-electron chi connectivity index (χ4n) is 2.86. The number of sulfonamides is 1. The number of hydrogen-bond donors (Lipinski definition) is 1. The Bertz CT molecular complexity index is 443. The summed E-state index contributed by atoms with van der Waals surface area (Å²) in [5.41, 5.74) is 0. The van der Waals surface area contributed by atoms with E-state index in [4.69, 9.17) is 0 Å². The van der Waals surface area contributed by atoms with Gasteiger partial charge in [-0.3, -0.25) is 4.79 Å². The summed E-state index contributed by atoms with van der Waals surface area (Å²) in [6.45, 7) is 3.89. The summed E-state index contributed by atoms with van der Waals surface area (Å²) >= 11 is 1.45. The summed E-state index contributed by atoms with van der Waals surface area (Å²) in [6.07, 6.45) is 3.19. The SMILES string of the molecule is CC(C)C1SCC(C(=O)O)N1S(=O)(=O)C1CCCC1. The fraction of sp³-hybridized carbons (Fsp3) is 0.917. The molecular weight excluding hydrogens is 286 g/mol. The van der Waals surface area contributed by atoms with Crippen molar-refractivity contribution in [1.29, 1.82) is 0 Å². The van der Waals surface area contributed by atoms with Crippen LogP contribution in [0.5, 0.6) is 0 Å². The maximum Gasteiger partial charge on any atom is 0.322 e. The third-order valence-corrected chi connectivity index (χ3v) is 7.99. The normalized spacial score (nSPS) is 30.3. The minimum atomic E-state index is -3.50. The van der Waals surface area contributed by atoms with E-state index in [2.05, 4.69) is 0 Å². The molecular formula is C12H21NO4S2. The Morgan fingerprint density at radius 3 is 2.37 bits per heavy atom.